The monoisotopic (exact) mass is 491 g/mol. The van der Waals surface area contributed by atoms with Crippen LogP contribution in [0, 0.1) is 12.7 Å². The molecule has 3 fully saturated rings. The third-order valence-electron chi connectivity index (χ3n) is 8.26. The average Bonchev–Trinajstić information content (AvgIpc) is 3.48. The van der Waals surface area contributed by atoms with Gasteiger partial charge in [0, 0.05) is 57.2 Å². The van der Waals surface area contributed by atoms with Gasteiger partial charge in [-0.2, -0.15) is 0 Å². The van der Waals surface area contributed by atoms with Gasteiger partial charge in [0.2, 0.25) is 17.7 Å². The van der Waals surface area contributed by atoms with Gasteiger partial charge >= 0.3 is 0 Å². The maximum atomic E-state index is 15.1. The SMILES string of the molecule is Cc1ccccc1CN1CCN(C(=O)C[C@@]2(c3ccccc3F)CC(=O)N(C3CCCC3)C2=O)CC1. The number of nitrogens with zero attached hydrogens (tertiary/aromatic N) is 3. The molecule has 1 saturated carbocycles. The van der Waals surface area contributed by atoms with E-state index < -0.39 is 17.1 Å². The van der Waals surface area contributed by atoms with Crippen molar-refractivity contribution in [2.24, 2.45) is 0 Å². The Morgan fingerprint density at radius 1 is 0.972 bits per heavy atom. The predicted octanol–water partition coefficient (Wildman–Crippen LogP) is 3.81. The van der Waals surface area contributed by atoms with Crippen molar-refractivity contribution in [3.63, 3.8) is 0 Å². The van der Waals surface area contributed by atoms with Gasteiger partial charge in [0.15, 0.2) is 0 Å². The number of carbonyl (C=O) groups excluding carboxylic acids is 3. The Morgan fingerprint density at radius 3 is 2.33 bits per heavy atom. The fraction of sp³-hybridized carbons (Fsp3) is 0.483. The molecule has 2 aromatic rings. The van der Waals surface area contributed by atoms with Gasteiger partial charge in [-0.1, -0.05) is 55.3 Å². The quantitative estimate of drug-likeness (QED) is 0.577. The number of aryl methyl sites for hydroxylation is 1. The first-order chi connectivity index (χ1) is 17.4. The molecule has 6 nitrogen and oxygen atoms in total. The number of carbonyl (C=O) groups is 3. The van der Waals surface area contributed by atoms with Gasteiger partial charge in [0.05, 0.1) is 5.41 Å². The molecule has 36 heavy (non-hydrogen) atoms. The standard InChI is InChI=1S/C29H34FN3O3/c1-21-8-2-3-9-22(21)20-31-14-16-32(17-15-31)26(34)18-29(24-12-6-7-13-25(24)30)19-27(35)33(28(29)36)23-10-4-5-11-23/h2-3,6-9,12-13,23H,4-5,10-11,14-20H2,1H3/t29-/m0/s1. The highest BCUT2D eigenvalue weighted by Gasteiger charge is 2.56. The van der Waals surface area contributed by atoms with Crippen LogP contribution in [0.2, 0.25) is 0 Å². The summed E-state index contributed by atoms with van der Waals surface area (Å²) in [6.45, 7) is 5.49. The minimum Gasteiger partial charge on any atom is -0.340 e. The summed E-state index contributed by atoms with van der Waals surface area (Å²) in [5.74, 6) is -1.42. The van der Waals surface area contributed by atoms with Gasteiger partial charge in [0.25, 0.3) is 0 Å². The topological polar surface area (TPSA) is 60.9 Å². The van der Waals surface area contributed by atoms with Crippen molar-refractivity contribution in [1.82, 2.24) is 14.7 Å². The largest absolute Gasteiger partial charge is 0.340 e. The van der Waals surface area contributed by atoms with Crippen molar-refractivity contribution in [1.29, 1.82) is 0 Å². The summed E-state index contributed by atoms with van der Waals surface area (Å²) < 4.78 is 15.1. The van der Waals surface area contributed by atoms with E-state index in [2.05, 4.69) is 24.0 Å². The van der Waals surface area contributed by atoms with Crippen molar-refractivity contribution in [3.05, 3.63) is 71.0 Å². The Morgan fingerprint density at radius 2 is 1.64 bits per heavy atom. The Bertz CT molecular complexity index is 1150. The van der Waals surface area contributed by atoms with E-state index in [-0.39, 0.29) is 36.3 Å². The summed E-state index contributed by atoms with van der Waals surface area (Å²) in [5, 5.41) is 0. The van der Waals surface area contributed by atoms with Crippen LogP contribution in [-0.2, 0) is 26.3 Å². The van der Waals surface area contributed by atoms with Crippen molar-refractivity contribution in [2.75, 3.05) is 26.2 Å². The fourth-order valence-electron chi connectivity index (χ4n) is 6.14. The van der Waals surface area contributed by atoms with Crippen LogP contribution in [0.3, 0.4) is 0 Å². The molecule has 3 aliphatic rings. The second-order valence-electron chi connectivity index (χ2n) is 10.5. The first kappa shape index (κ1) is 24.6. The van der Waals surface area contributed by atoms with Gasteiger partial charge < -0.3 is 4.90 Å². The molecule has 7 heteroatoms. The summed E-state index contributed by atoms with van der Waals surface area (Å²) in [6.07, 6.45) is 3.17. The molecule has 1 atom stereocenters. The average molecular weight is 492 g/mol. The van der Waals surface area contributed by atoms with Crippen LogP contribution >= 0.6 is 0 Å². The molecule has 3 amide bonds. The van der Waals surface area contributed by atoms with E-state index in [1.165, 1.54) is 22.1 Å². The van der Waals surface area contributed by atoms with Crippen molar-refractivity contribution >= 4 is 17.7 Å². The van der Waals surface area contributed by atoms with E-state index in [9.17, 15) is 14.4 Å². The minimum atomic E-state index is -1.47. The number of rotatable bonds is 6. The molecule has 2 aliphatic heterocycles. The molecule has 0 unspecified atom stereocenters. The Balaban J connectivity index is 1.33. The maximum absolute atomic E-state index is 15.1. The molecule has 1 aliphatic carbocycles. The highest BCUT2D eigenvalue weighted by molar-refractivity contribution is 6.11. The highest BCUT2D eigenvalue weighted by atomic mass is 19.1. The van der Waals surface area contributed by atoms with Gasteiger partial charge in [-0.05, 0) is 37.0 Å². The normalized spacial score (nSPS) is 23.6. The zero-order valence-corrected chi connectivity index (χ0v) is 20.9. The first-order valence-electron chi connectivity index (χ1n) is 13.1. The summed E-state index contributed by atoms with van der Waals surface area (Å²) in [4.78, 5) is 46.0. The molecule has 0 radical (unpaired) electrons. The zero-order valence-electron chi connectivity index (χ0n) is 20.9. The predicted molar refractivity (Wildman–Crippen MR) is 134 cm³/mol. The van der Waals surface area contributed by atoms with Crippen LogP contribution in [0.1, 0.15) is 55.2 Å². The number of benzene rings is 2. The van der Waals surface area contributed by atoms with E-state index in [4.69, 9.17) is 0 Å². The third-order valence-corrected chi connectivity index (χ3v) is 8.26. The molecule has 5 rings (SSSR count). The fourth-order valence-corrected chi connectivity index (χ4v) is 6.14. The van der Waals surface area contributed by atoms with Gasteiger partial charge in [-0.15, -0.1) is 0 Å². The molecule has 0 aromatic heterocycles. The van der Waals surface area contributed by atoms with Gasteiger partial charge in [0.1, 0.15) is 5.82 Å². The van der Waals surface area contributed by atoms with Gasteiger partial charge in [-0.3, -0.25) is 24.2 Å². The molecular formula is C29H34FN3O3. The van der Waals surface area contributed by atoms with E-state index in [0.29, 0.717) is 13.1 Å². The van der Waals surface area contributed by atoms with Crippen molar-refractivity contribution in [2.45, 2.75) is 63.5 Å². The zero-order chi connectivity index (χ0) is 25.3. The number of imide groups is 1. The Labute approximate surface area is 212 Å². The lowest BCUT2D eigenvalue weighted by Gasteiger charge is -2.37. The Hall–Kier alpha value is -3.06. The summed E-state index contributed by atoms with van der Waals surface area (Å²) in [7, 11) is 0. The molecule has 0 spiro atoms. The van der Waals surface area contributed by atoms with Crippen molar-refractivity contribution in [3.8, 4) is 0 Å². The van der Waals surface area contributed by atoms with E-state index in [1.54, 1.807) is 23.1 Å². The van der Waals surface area contributed by atoms with E-state index in [0.717, 1.165) is 45.3 Å². The van der Waals surface area contributed by atoms with Crippen LogP contribution in [0.15, 0.2) is 48.5 Å². The number of piperazine rings is 1. The maximum Gasteiger partial charge on any atom is 0.241 e. The highest BCUT2D eigenvalue weighted by Crippen LogP contribution is 2.44. The lowest BCUT2D eigenvalue weighted by Crippen LogP contribution is -2.51. The molecule has 190 valence electrons. The van der Waals surface area contributed by atoms with E-state index in [1.807, 2.05) is 12.1 Å². The second-order valence-corrected chi connectivity index (χ2v) is 10.5. The molecule has 0 bridgehead atoms. The number of hydrogen-bond donors (Lipinski definition) is 0. The second kappa shape index (κ2) is 10.1. The number of hydrogen-bond acceptors (Lipinski definition) is 4. The molecule has 2 aromatic carbocycles. The summed E-state index contributed by atoms with van der Waals surface area (Å²) in [6, 6.07) is 14.3. The molecule has 2 heterocycles. The Kier molecular flexibility index (Phi) is 6.93. The number of amides is 3. The van der Waals surface area contributed by atoms with Crippen LogP contribution in [0.4, 0.5) is 4.39 Å². The van der Waals surface area contributed by atoms with Crippen molar-refractivity contribution < 1.29 is 18.8 Å². The molecule has 2 saturated heterocycles. The third kappa shape index (κ3) is 4.57. The first-order valence-corrected chi connectivity index (χ1v) is 13.1. The lowest BCUT2D eigenvalue weighted by molar-refractivity contribution is -0.145. The number of halogens is 1. The summed E-state index contributed by atoms with van der Waals surface area (Å²) in [5.41, 5.74) is 1.22. The van der Waals surface area contributed by atoms with E-state index >= 15 is 4.39 Å². The van der Waals surface area contributed by atoms with Crippen LogP contribution in [0.25, 0.3) is 0 Å². The van der Waals surface area contributed by atoms with Gasteiger partial charge in [-0.25, -0.2) is 4.39 Å². The molecular weight excluding hydrogens is 457 g/mol. The smallest absolute Gasteiger partial charge is 0.241 e. The van der Waals surface area contributed by atoms with Crippen LogP contribution in [0.5, 0.6) is 0 Å². The summed E-state index contributed by atoms with van der Waals surface area (Å²) >= 11 is 0. The van der Waals surface area contributed by atoms with Crippen LogP contribution < -0.4 is 0 Å². The number of likely N-dealkylation sites (tertiary alicyclic amines) is 1. The van der Waals surface area contributed by atoms with Crippen LogP contribution in [-0.4, -0.2) is 64.6 Å². The lowest BCUT2D eigenvalue weighted by atomic mass is 9.75. The molecule has 0 N–H and O–H groups in total. The minimum absolute atomic E-state index is 0.140.